The Morgan fingerprint density at radius 3 is 2.29 bits per heavy atom. The van der Waals surface area contributed by atoms with Crippen LogP contribution < -0.4 is 0 Å². The highest BCUT2D eigenvalue weighted by molar-refractivity contribution is 9.10. The fraction of sp³-hybridized carbons (Fsp3) is 0.364. The largest absolute Gasteiger partial charge is 0.341 e. The van der Waals surface area contributed by atoms with Crippen molar-refractivity contribution >= 4 is 51.4 Å². The number of hydrogen-bond acceptors (Lipinski definition) is 5. The molecule has 1 aromatic rings. The standard InChI is InChI=1S/C11H13BrClNO5S2/c1-14(3-4-20(2,16)17)11(15)8-5-9(12)7-10(6-8)21(13,18)19/h5-7H,3-4H2,1-2H3. The summed E-state index contributed by atoms with van der Waals surface area (Å²) in [7, 11) is -0.473. The summed E-state index contributed by atoms with van der Waals surface area (Å²) in [6.45, 7) is 0.00708. The highest BCUT2D eigenvalue weighted by Gasteiger charge is 2.18. The van der Waals surface area contributed by atoms with Gasteiger partial charge in [0.2, 0.25) is 0 Å². The maximum atomic E-state index is 12.2. The van der Waals surface area contributed by atoms with Crippen molar-refractivity contribution in [1.82, 2.24) is 4.90 Å². The lowest BCUT2D eigenvalue weighted by Crippen LogP contribution is -2.31. The van der Waals surface area contributed by atoms with E-state index < -0.39 is 24.8 Å². The van der Waals surface area contributed by atoms with Crippen molar-refractivity contribution in [3.8, 4) is 0 Å². The van der Waals surface area contributed by atoms with Gasteiger partial charge in [-0.15, -0.1) is 0 Å². The van der Waals surface area contributed by atoms with Crippen molar-refractivity contribution in [2.24, 2.45) is 0 Å². The molecule has 0 atom stereocenters. The highest BCUT2D eigenvalue weighted by atomic mass is 79.9. The van der Waals surface area contributed by atoms with Crippen LogP contribution in [0.3, 0.4) is 0 Å². The number of halogens is 2. The Labute approximate surface area is 136 Å². The molecule has 0 aromatic heterocycles. The number of nitrogens with zero attached hydrogens (tertiary/aromatic N) is 1. The topological polar surface area (TPSA) is 88.6 Å². The van der Waals surface area contributed by atoms with Gasteiger partial charge < -0.3 is 4.90 Å². The molecule has 0 saturated carbocycles. The third-order valence-electron chi connectivity index (χ3n) is 2.54. The Morgan fingerprint density at radius 2 is 1.81 bits per heavy atom. The van der Waals surface area contributed by atoms with Gasteiger partial charge in [0.05, 0.1) is 10.6 Å². The van der Waals surface area contributed by atoms with E-state index in [1.165, 1.54) is 24.1 Å². The summed E-state index contributed by atoms with van der Waals surface area (Å²) >= 11 is 3.10. The number of rotatable bonds is 5. The van der Waals surface area contributed by atoms with Crippen LogP contribution in [0.4, 0.5) is 0 Å². The normalized spacial score (nSPS) is 12.2. The molecule has 0 aliphatic rings. The predicted octanol–water partition coefficient (Wildman–Crippen LogP) is 1.49. The summed E-state index contributed by atoms with van der Waals surface area (Å²) in [5.74, 6) is -0.675. The summed E-state index contributed by atoms with van der Waals surface area (Å²) in [5.41, 5.74) is 0.0969. The van der Waals surface area contributed by atoms with Crippen molar-refractivity contribution in [2.75, 3.05) is 25.6 Å². The van der Waals surface area contributed by atoms with Crippen LogP contribution in [0.1, 0.15) is 10.4 Å². The summed E-state index contributed by atoms with van der Waals surface area (Å²) in [5, 5.41) is 0. The van der Waals surface area contributed by atoms with Crippen molar-refractivity contribution in [1.29, 1.82) is 0 Å². The van der Waals surface area contributed by atoms with E-state index in [4.69, 9.17) is 10.7 Å². The zero-order valence-corrected chi connectivity index (χ0v) is 15.2. The number of carbonyl (C=O) groups is 1. The monoisotopic (exact) mass is 417 g/mol. The predicted molar refractivity (Wildman–Crippen MR) is 83.9 cm³/mol. The van der Waals surface area contributed by atoms with Gasteiger partial charge in [0.25, 0.3) is 15.0 Å². The van der Waals surface area contributed by atoms with Gasteiger partial charge in [-0.1, -0.05) is 15.9 Å². The Morgan fingerprint density at radius 1 is 1.24 bits per heavy atom. The van der Waals surface area contributed by atoms with E-state index in [1.54, 1.807) is 0 Å². The first-order chi connectivity index (χ1) is 9.40. The summed E-state index contributed by atoms with van der Waals surface area (Å²) in [6.07, 6.45) is 1.07. The van der Waals surface area contributed by atoms with Crippen LogP contribution in [0.25, 0.3) is 0 Å². The van der Waals surface area contributed by atoms with Crippen molar-refractivity contribution in [3.05, 3.63) is 28.2 Å². The average molecular weight is 419 g/mol. The molecule has 0 radical (unpaired) electrons. The lowest BCUT2D eigenvalue weighted by molar-refractivity contribution is 0.0803. The van der Waals surface area contributed by atoms with Crippen LogP contribution in [0.5, 0.6) is 0 Å². The van der Waals surface area contributed by atoms with E-state index in [1.807, 2.05) is 0 Å². The molecule has 0 saturated heterocycles. The van der Waals surface area contributed by atoms with Crippen LogP contribution in [0.2, 0.25) is 0 Å². The third-order valence-corrected chi connectivity index (χ3v) is 5.26. The molecule has 0 heterocycles. The Bertz CT molecular complexity index is 761. The molecule has 0 unspecified atom stereocenters. The molecule has 118 valence electrons. The van der Waals surface area contributed by atoms with E-state index in [9.17, 15) is 21.6 Å². The zero-order valence-electron chi connectivity index (χ0n) is 11.2. The second-order valence-corrected chi connectivity index (χ2v) is 10.2. The van der Waals surface area contributed by atoms with Gasteiger partial charge in [0, 0.05) is 40.6 Å². The van der Waals surface area contributed by atoms with Gasteiger partial charge in [-0.2, -0.15) is 0 Å². The van der Waals surface area contributed by atoms with Gasteiger partial charge in [0.1, 0.15) is 9.84 Å². The maximum Gasteiger partial charge on any atom is 0.261 e. The maximum absolute atomic E-state index is 12.2. The molecule has 0 fully saturated rings. The third kappa shape index (κ3) is 5.93. The fourth-order valence-electron chi connectivity index (χ4n) is 1.45. The zero-order chi connectivity index (χ0) is 16.4. The minimum Gasteiger partial charge on any atom is -0.341 e. The summed E-state index contributed by atoms with van der Waals surface area (Å²) in [6, 6.07) is 3.85. The number of sulfone groups is 1. The fourth-order valence-corrected chi connectivity index (χ4v) is 3.50. The first kappa shape index (κ1) is 18.4. The first-order valence-electron chi connectivity index (χ1n) is 5.58. The molecular weight excluding hydrogens is 406 g/mol. The van der Waals surface area contributed by atoms with Crippen LogP contribution >= 0.6 is 26.6 Å². The van der Waals surface area contributed by atoms with E-state index in [2.05, 4.69) is 15.9 Å². The minimum atomic E-state index is -3.97. The Balaban J connectivity index is 3.05. The van der Waals surface area contributed by atoms with Crippen molar-refractivity contribution < 1.29 is 21.6 Å². The molecule has 6 nitrogen and oxygen atoms in total. The molecule has 0 spiro atoms. The molecule has 0 bridgehead atoms. The van der Waals surface area contributed by atoms with Gasteiger partial charge in [-0.05, 0) is 18.2 Å². The molecule has 21 heavy (non-hydrogen) atoms. The van der Waals surface area contributed by atoms with Gasteiger partial charge in [0.15, 0.2) is 0 Å². The molecule has 0 N–H and O–H groups in total. The Hall–Kier alpha value is -0.640. The number of amides is 1. The van der Waals surface area contributed by atoms with Gasteiger partial charge in [-0.3, -0.25) is 4.79 Å². The highest BCUT2D eigenvalue weighted by Crippen LogP contribution is 2.23. The second kappa shape index (κ2) is 6.64. The quantitative estimate of drug-likeness (QED) is 0.676. The van der Waals surface area contributed by atoms with E-state index in [0.717, 1.165) is 12.3 Å². The smallest absolute Gasteiger partial charge is 0.261 e. The van der Waals surface area contributed by atoms with Crippen molar-refractivity contribution in [3.63, 3.8) is 0 Å². The molecule has 1 rings (SSSR count). The van der Waals surface area contributed by atoms with Crippen molar-refractivity contribution in [2.45, 2.75) is 4.90 Å². The molecule has 10 heteroatoms. The van der Waals surface area contributed by atoms with Crippen LogP contribution in [0, 0.1) is 0 Å². The van der Waals surface area contributed by atoms with E-state index in [-0.39, 0.29) is 22.8 Å². The molecule has 1 amide bonds. The van der Waals surface area contributed by atoms with E-state index >= 15 is 0 Å². The molecular formula is C11H13BrClNO5S2. The lowest BCUT2D eigenvalue weighted by atomic mass is 10.2. The Kier molecular flexibility index (Phi) is 5.82. The van der Waals surface area contributed by atoms with Gasteiger partial charge in [-0.25, -0.2) is 16.8 Å². The molecule has 0 aliphatic heterocycles. The van der Waals surface area contributed by atoms with Crippen LogP contribution in [0.15, 0.2) is 27.6 Å². The number of benzene rings is 1. The SMILES string of the molecule is CN(CCS(C)(=O)=O)C(=O)c1cc(Br)cc(S(=O)(=O)Cl)c1. The summed E-state index contributed by atoms with van der Waals surface area (Å²) < 4.78 is 45.2. The number of carbonyl (C=O) groups excluding carboxylic acids is 1. The first-order valence-corrected chi connectivity index (χ1v) is 10.7. The minimum absolute atomic E-state index is 0.00708. The molecule has 0 aliphatic carbocycles. The molecule has 1 aromatic carbocycles. The summed E-state index contributed by atoms with van der Waals surface area (Å²) in [4.78, 5) is 13.2. The second-order valence-electron chi connectivity index (χ2n) is 4.47. The van der Waals surface area contributed by atoms with Crippen LogP contribution in [-0.4, -0.2) is 53.2 Å². The van der Waals surface area contributed by atoms with E-state index in [0.29, 0.717) is 4.47 Å². The average Bonchev–Trinajstić information content (AvgIpc) is 2.32. The lowest BCUT2D eigenvalue weighted by Gasteiger charge is -2.17. The number of hydrogen-bond donors (Lipinski definition) is 0. The van der Waals surface area contributed by atoms with Crippen LogP contribution in [-0.2, 0) is 18.9 Å². The van der Waals surface area contributed by atoms with Gasteiger partial charge >= 0.3 is 0 Å².